The number of halogens is 3. The maximum atomic E-state index is 12.8. The molecule has 0 bridgehead atoms. The first kappa shape index (κ1) is 20.5. The maximum Gasteiger partial charge on any atom is 0.341 e. The van der Waals surface area contributed by atoms with Gasteiger partial charge in [0, 0.05) is 15.1 Å². The number of aryl methyl sites for hydroxylation is 1. The van der Waals surface area contributed by atoms with Crippen molar-refractivity contribution in [3.8, 4) is 5.75 Å². The zero-order valence-electron chi connectivity index (χ0n) is 14.3. The van der Waals surface area contributed by atoms with Gasteiger partial charge in [-0.05, 0) is 53.2 Å². The van der Waals surface area contributed by atoms with Gasteiger partial charge in [0.2, 0.25) is 0 Å². The molecular formula is C18H12Br2ClN3O4. The van der Waals surface area contributed by atoms with Crippen LogP contribution in [0.5, 0.6) is 5.75 Å². The van der Waals surface area contributed by atoms with E-state index >= 15 is 0 Å². The highest BCUT2D eigenvalue weighted by Gasteiger charge is 2.12. The number of aliphatic carboxylic acids is 1. The van der Waals surface area contributed by atoms with E-state index in [1.54, 1.807) is 37.3 Å². The normalized spacial score (nSPS) is 11.3. The first-order valence-corrected chi connectivity index (χ1v) is 9.79. The molecule has 7 nitrogen and oxygen atoms in total. The van der Waals surface area contributed by atoms with Gasteiger partial charge in [0.25, 0.3) is 5.56 Å². The van der Waals surface area contributed by atoms with E-state index in [9.17, 15) is 9.59 Å². The third-order valence-electron chi connectivity index (χ3n) is 3.66. The number of benzene rings is 2. The predicted molar refractivity (Wildman–Crippen MR) is 114 cm³/mol. The number of ether oxygens (including phenoxy) is 1. The van der Waals surface area contributed by atoms with Crippen LogP contribution in [0.1, 0.15) is 11.4 Å². The molecule has 0 unspecified atom stereocenters. The van der Waals surface area contributed by atoms with Gasteiger partial charge in [0.15, 0.2) is 6.61 Å². The third-order valence-corrected chi connectivity index (χ3v) is 4.96. The second-order valence-electron chi connectivity index (χ2n) is 5.67. The summed E-state index contributed by atoms with van der Waals surface area (Å²) in [5, 5.41) is 13.9. The Bertz CT molecular complexity index is 1180. The molecule has 0 amide bonds. The van der Waals surface area contributed by atoms with Gasteiger partial charge in [0.1, 0.15) is 11.6 Å². The van der Waals surface area contributed by atoms with Gasteiger partial charge in [-0.25, -0.2) is 9.78 Å². The van der Waals surface area contributed by atoms with Gasteiger partial charge >= 0.3 is 5.97 Å². The highest BCUT2D eigenvalue weighted by molar-refractivity contribution is 9.10. The summed E-state index contributed by atoms with van der Waals surface area (Å²) in [5.41, 5.74) is 0.628. The smallest absolute Gasteiger partial charge is 0.341 e. The second-order valence-corrected chi connectivity index (χ2v) is 7.88. The van der Waals surface area contributed by atoms with Crippen LogP contribution in [-0.2, 0) is 4.79 Å². The Morgan fingerprint density at radius 1 is 1.36 bits per heavy atom. The number of carboxylic acid groups (broad SMARTS) is 1. The molecule has 3 rings (SSSR count). The largest absolute Gasteiger partial charge is 0.480 e. The summed E-state index contributed by atoms with van der Waals surface area (Å²) in [4.78, 5) is 28.0. The van der Waals surface area contributed by atoms with Crippen LogP contribution in [0, 0.1) is 6.92 Å². The van der Waals surface area contributed by atoms with Gasteiger partial charge in [-0.3, -0.25) is 4.79 Å². The van der Waals surface area contributed by atoms with Crippen molar-refractivity contribution in [2.75, 3.05) is 6.61 Å². The molecule has 0 aliphatic carbocycles. The molecule has 1 aromatic heterocycles. The molecule has 144 valence electrons. The number of rotatable bonds is 5. The van der Waals surface area contributed by atoms with Crippen molar-refractivity contribution >= 4 is 66.5 Å². The molecule has 0 saturated carbocycles. The van der Waals surface area contributed by atoms with Crippen molar-refractivity contribution in [2.45, 2.75) is 6.92 Å². The van der Waals surface area contributed by atoms with E-state index in [2.05, 4.69) is 41.9 Å². The fraction of sp³-hybridized carbons (Fsp3) is 0.111. The molecule has 10 heteroatoms. The van der Waals surface area contributed by atoms with Crippen molar-refractivity contribution in [2.24, 2.45) is 5.10 Å². The molecule has 1 N–H and O–H groups in total. The van der Waals surface area contributed by atoms with Crippen LogP contribution in [0.3, 0.4) is 0 Å². The Balaban J connectivity index is 2.09. The molecule has 2 aromatic carbocycles. The Morgan fingerprint density at radius 3 is 2.82 bits per heavy atom. The summed E-state index contributed by atoms with van der Waals surface area (Å²) >= 11 is 12.7. The predicted octanol–water partition coefficient (Wildman–Crippen LogP) is 4.23. The second kappa shape index (κ2) is 8.42. The average molecular weight is 530 g/mol. The molecule has 0 aliphatic heterocycles. The van der Waals surface area contributed by atoms with Crippen molar-refractivity contribution in [1.29, 1.82) is 0 Å². The van der Waals surface area contributed by atoms with Gasteiger partial charge in [-0.1, -0.05) is 27.5 Å². The van der Waals surface area contributed by atoms with Crippen LogP contribution in [-0.4, -0.2) is 33.6 Å². The van der Waals surface area contributed by atoms with Crippen molar-refractivity contribution < 1.29 is 14.6 Å². The minimum absolute atomic E-state index is 0.248. The SMILES string of the molecule is Cc1nc2ccc(Br)cc2c(=O)n1N=Cc1cc(Cl)cc(Br)c1OCC(=O)O. The van der Waals surface area contributed by atoms with Gasteiger partial charge in [-0.15, -0.1) is 0 Å². The summed E-state index contributed by atoms with van der Waals surface area (Å²) in [6, 6.07) is 8.35. The Morgan fingerprint density at radius 2 is 2.11 bits per heavy atom. The van der Waals surface area contributed by atoms with Crippen LogP contribution in [0.25, 0.3) is 10.9 Å². The summed E-state index contributed by atoms with van der Waals surface area (Å²) in [6.07, 6.45) is 1.37. The quantitative estimate of drug-likeness (QED) is 0.500. The van der Waals surface area contributed by atoms with E-state index in [1.807, 2.05) is 0 Å². The van der Waals surface area contributed by atoms with E-state index in [4.69, 9.17) is 21.4 Å². The maximum absolute atomic E-state index is 12.8. The van der Waals surface area contributed by atoms with Gasteiger partial charge < -0.3 is 9.84 Å². The van der Waals surface area contributed by atoms with E-state index in [-0.39, 0.29) is 11.3 Å². The molecule has 0 aliphatic rings. The molecule has 1 heterocycles. The molecule has 0 radical (unpaired) electrons. The first-order chi connectivity index (χ1) is 13.3. The number of nitrogens with zero attached hydrogens (tertiary/aromatic N) is 3. The zero-order chi connectivity index (χ0) is 20.4. The van der Waals surface area contributed by atoms with Crippen LogP contribution < -0.4 is 10.3 Å². The van der Waals surface area contributed by atoms with Crippen molar-refractivity contribution in [3.05, 3.63) is 66.0 Å². The summed E-state index contributed by atoms with van der Waals surface area (Å²) in [6.45, 7) is 1.13. The summed E-state index contributed by atoms with van der Waals surface area (Å²) in [7, 11) is 0. The topological polar surface area (TPSA) is 93.8 Å². The molecule has 0 saturated heterocycles. The number of hydrogen-bond donors (Lipinski definition) is 1. The first-order valence-electron chi connectivity index (χ1n) is 7.83. The summed E-state index contributed by atoms with van der Waals surface area (Å²) in [5.74, 6) is -0.482. The lowest BCUT2D eigenvalue weighted by Crippen LogP contribution is -2.20. The minimum Gasteiger partial charge on any atom is -0.480 e. The molecule has 28 heavy (non-hydrogen) atoms. The van der Waals surface area contributed by atoms with Crippen LogP contribution >= 0.6 is 43.5 Å². The lowest BCUT2D eigenvalue weighted by Gasteiger charge is -2.10. The van der Waals surface area contributed by atoms with E-state index in [1.165, 1.54) is 6.21 Å². The lowest BCUT2D eigenvalue weighted by molar-refractivity contribution is -0.139. The Hall–Kier alpha value is -2.23. The number of aromatic nitrogens is 2. The van der Waals surface area contributed by atoms with E-state index in [0.29, 0.717) is 31.8 Å². The lowest BCUT2D eigenvalue weighted by atomic mass is 10.2. The third kappa shape index (κ3) is 4.43. The molecular weight excluding hydrogens is 517 g/mol. The van der Waals surface area contributed by atoms with Gasteiger partial charge in [0.05, 0.1) is 21.6 Å². The van der Waals surface area contributed by atoms with Crippen LogP contribution in [0.2, 0.25) is 5.02 Å². The Kier molecular flexibility index (Phi) is 6.17. The zero-order valence-corrected chi connectivity index (χ0v) is 18.2. The number of fused-ring (bicyclic) bond motifs is 1. The van der Waals surface area contributed by atoms with E-state index < -0.39 is 12.6 Å². The number of hydrogen-bond acceptors (Lipinski definition) is 5. The number of carboxylic acids is 1. The van der Waals surface area contributed by atoms with Crippen LogP contribution in [0.4, 0.5) is 0 Å². The van der Waals surface area contributed by atoms with Crippen molar-refractivity contribution in [3.63, 3.8) is 0 Å². The molecule has 3 aromatic rings. The minimum atomic E-state index is -1.12. The highest BCUT2D eigenvalue weighted by Crippen LogP contribution is 2.32. The van der Waals surface area contributed by atoms with E-state index in [0.717, 1.165) is 9.15 Å². The fourth-order valence-electron chi connectivity index (χ4n) is 2.48. The standard InChI is InChI=1S/C18H12Br2ClN3O4/c1-9-23-15-3-2-11(19)5-13(15)18(27)24(9)22-7-10-4-12(21)6-14(20)17(10)28-8-16(25)26/h2-7H,8H2,1H3,(H,25,26). The monoisotopic (exact) mass is 527 g/mol. The van der Waals surface area contributed by atoms with Crippen LogP contribution in [0.15, 0.2) is 49.2 Å². The fourth-order valence-corrected chi connectivity index (χ4v) is 3.79. The number of carbonyl (C=O) groups is 1. The Labute approximate surface area is 180 Å². The molecule has 0 fully saturated rings. The summed E-state index contributed by atoms with van der Waals surface area (Å²) < 4.78 is 7.69. The van der Waals surface area contributed by atoms with Gasteiger partial charge in [-0.2, -0.15) is 9.78 Å². The van der Waals surface area contributed by atoms with Crippen molar-refractivity contribution in [1.82, 2.24) is 9.66 Å². The molecule has 0 atom stereocenters. The average Bonchev–Trinajstić information content (AvgIpc) is 2.61. The highest BCUT2D eigenvalue weighted by atomic mass is 79.9. The molecule has 0 spiro atoms.